The lowest BCUT2D eigenvalue weighted by atomic mass is 9.81. The first kappa shape index (κ1) is 14.9. The second kappa shape index (κ2) is 6.14. The number of nitriles is 1. The van der Waals surface area contributed by atoms with Crippen LogP contribution < -0.4 is 5.32 Å². The predicted octanol–water partition coefficient (Wildman–Crippen LogP) is 3.02. The summed E-state index contributed by atoms with van der Waals surface area (Å²) in [5.74, 6) is -0.148. The molecule has 0 saturated heterocycles. The molecular weight excluding hydrogens is 238 g/mol. The van der Waals surface area contributed by atoms with Crippen LogP contribution in [0.3, 0.4) is 0 Å². The Labute approximate surface area is 114 Å². The van der Waals surface area contributed by atoms with Crippen LogP contribution in [0.4, 0.5) is 5.69 Å². The van der Waals surface area contributed by atoms with E-state index < -0.39 is 0 Å². The molecule has 100 valence electrons. The molecule has 0 aliphatic heterocycles. The zero-order chi connectivity index (χ0) is 14.5. The van der Waals surface area contributed by atoms with Crippen molar-refractivity contribution in [1.82, 2.24) is 5.32 Å². The highest BCUT2D eigenvalue weighted by Crippen LogP contribution is 2.25. The van der Waals surface area contributed by atoms with Crippen LogP contribution in [0.25, 0.3) is 0 Å². The Balaban J connectivity index is 2.59. The fourth-order valence-electron chi connectivity index (χ4n) is 1.31. The Morgan fingerprint density at radius 2 is 1.95 bits per heavy atom. The molecule has 0 aliphatic rings. The van der Waals surface area contributed by atoms with Crippen molar-refractivity contribution in [3.8, 4) is 6.07 Å². The Morgan fingerprint density at radius 1 is 1.37 bits per heavy atom. The molecular formula is C15H19N3O. The molecule has 1 amide bonds. The quantitative estimate of drug-likeness (QED) is 0.668. The number of nitrogens with zero attached hydrogens (tertiary/aromatic N) is 2. The van der Waals surface area contributed by atoms with Gasteiger partial charge in [0.25, 0.3) is 0 Å². The first-order valence-corrected chi connectivity index (χ1v) is 6.17. The molecule has 1 unspecified atom stereocenters. The van der Waals surface area contributed by atoms with Gasteiger partial charge in [-0.2, -0.15) is 5.26 Å². The molecule has 1 aromatic rings. The number of nitrogens with one attached hydrogen (secondary N) is 1. The standard InChI is InChI=1S/C15H19N3O/c1-11(15(2,3)4)14(19)18-10-17-13-7-5-12(9-16)6-8-13/h5-8,10-11H,1-4H3,(H,17,18,19). The minimum atomic E-state index is -0.0973. The van der Waals surface area contributed by atoms with Crippen molar-refractivity contribution < 1.29 is 4.79 Å². The predicted molar refractivity (Wildman–Crippen MR) is 76.1 cm³/mol. The summed E-state index contributed by atoms with van der Waals surface area (Å²) in [5, 5.41) is 11.3. The lowest BCUT2D eigenvalue weighted by molar-refractivity contribution is -0.125. The Kier molecular flexibility index (Phi) is 4.82. The molecule has 1 rings (SSSR count). The molecule has 4 nitrogen and oxygen atoms in total. The summed E-state index contributed by atoms with van der Waals surface area (Å²) < 4.78 is 0. The second-order valence-electron chi connectivity index (χ2n) is 5.51. The number of hydrogen-bond donors (Lipinski definition) is 1. The van der Waals surface area contributed by atoms with Gasteiger partial charge in [0.05, 0.1) is 23.7 Å². The lowest BCUT2D eigenvalue weighted by Gasteiger charge is -2.25. The van der Waals surface area contributed by atoms with Crippen molar-refractivity contribution in [3.63, 3.8) is 0 Å². The number of aliphatic imine (C=N–C) groups is 1. The molecule has 0 aromatic heterocycles. The van der Waals surface area contributed by atoms with Crippen LogP contribution in [-0.2, 0) is 4.79 Å². The third-order valence-electron chi connectivity index (χ3n) is 3.11. The molecule has 0 saturated carbocycles. The average Bonchev–Trinajstić information content (AvgIpc) is 2.37. The van der Waals surface area contributed by atoms with Crippen LogP contribution in [0, 0.1) is 22.7 Å². The molecule has 0 heterocycles. The third kappa shape index (κ3) is 4.55. The van der Waals surface area contributed by atoms with Gasteiger partial charge in [-0.15, -0.1) is 0 Å². The maximum Gasteiger partial charge on any atom is 0.228 e. The molecule has 0 radical (unpaired) electrons. The normalized spacial score (nSPS) is 13.0. The van der Waals surface area contributed by atoms with Crippen LogP contribution in [0.2, 0.25) is 0 Å². The van der Waals surface area contributed by atoms with Gasteiger partial charge in [0, 0.05) is 5.92 Å². The van der Waals surface area contributed by atoms with Crippen molar-refractivity contribution in [1.29, 1.82) is 5.26 Å². The van der Waals surface area contributed by atoms with Gasteiger partial charge in [0.1, 0.15) is 0 Å². The lowest BCUT2D eigenvalue weighted by Crippen LogP contribution is -2.35. The van der Waals surface area contributed by atoms with E-state index in [9.17, 15) is 4.79 Å². The molecule has 0 bridgehead atoms. The van der Waals surface area contributed by atoms with Crippen LogP contribution in [-0.4, -0.2) is 12.2 Å². The summed E-state index contributed by atoms with van der Waals surface area (Å²) in [6.07, 6.45) is 1.39. The van der Waals surface area contributed by atoms with E-state index in [0.717, 1.165) is 0 Å². The summed E-state index contributed by atoms with van der Waals surface area (Å²) in [6, 6.07) is 8.87. The number of carbonyl (C=O) groups is 1. The van der Waals surface area contributed by atoms with Gasteiger partial charge in [0.2, 0.25) is 5.91 Å². The van der Waals surface area contributed by atoms with Gasteiger partial charge < -0.3 is 5.32 Å². The van der Waals surface area contributed by atoms with Crippen LogP contribution in [0.15, 0.2) is 29.3 Å². The van der Waals surface area contributed by atoms with Crippen molar-refractivity contribution in [2.24, 2.45) is 16.3 Å². The van der Waals surface area contributed by atoms with E-state index >= 15 is 0 Å². The smallest absolute Gasteiger partial charge is 0.228 e. The Bertz CT molecular complexity index is 504. The number of rotatable bonds is 3. The summed E-state index contributed by atoms with van der Waals surface area (Å²) in [5.41, 5.74) is 1.21. The highest BCUT2D eigenvalue weighted by Gasteiger charge is 2.25. The monoisotopic (exact) mass is 257 g/mol. The largest absolute Gasteiger partial charge is 0.317 e. The number of amides is 1. The van der Waals surface area contributed by atoms with Crippen LogP contribution in [0.1, 0.15) is 33.3 Å². The first-order valence-electron chi connectivity index (χ1n) is 6.17. The molecule has 1 atom stereocenters. The summed E-state index contributed by atoms with van der Waals surface area (Å²) in [4.78, 5) is 16.0. The van der Waals surface area contributed by atoms with E-state index in [1.165, 1.54) is 6.34 Å². The fourth-order valence-corrected chi connectivity index (χ4v) is 1.31. The third-order valence-corrected chi connectivity index (χ3v) is 3.11. The van der Waals surface area contributed by atoms with Gasteiger partial charge in [-0.05, 0) is 29.7 Å². The van der Waals surface area contributed by atoms with Gasteiger partial charge in [-0.1, -0.05) is 27.7 Å². The van der Waals surface area contributed by atoms with E-state index in [0.29, 0.717) is 11.3 Å². The number of hydrogen-bond acceptors (Lipinski definition) is 3. The molecule has 0 spiro atoms. The highest BCUT2D eigenvalue weighted by atomic mass is 16.1. The number of carbonyl (C=O) groups excluding carboxylic acids is 1. The van der Waals surface area contributed by atoms with Crippen molar-refractivity contribution in [3.05, 3.63) is 29.8 Å². The van der Waals surface area contributed by atoms with E-state index in [2.05, 4.69) is 10.3 Å². The Hall–Kier alpha value is -2.15. The van der Waals surface area contributed by atoms with Gasteiger partial charge in [-0.25, -0.2) is 4.99 Å². The van der Waals surface area contributed by atoms with Gasteiger partial charge >= 0.3 is 0 Å². The molecule has 0 fully saturated rings. The summed E-state index contributed by atoms with van der Waals surface area (Å²) >= 11 is 0. The molecule has 4 heteroatoms. The van der Waals surface area contributed by atoms with E-state index in [1.54, 1.807) is 24.3 Å². The topological polar surface area (TPSA) is 65.2 Å². The zero-order valence-corrected chi connectivity index (χ0v) is 11.8. The average molecular weight is 257 g/mol. The van der Waals surface area contributed by atoms with Crippen molar-refractivity contribution >= 4 is 17.9 Å². The van der Waals surface area contributed by atoms with Gasteiger partial charge in [0.15, 0.2) is 0 Å². The zero-order valence-electron chi connectivity index (χ0n) is 11.8. The maximum absolute atomic E-state index is 11.8. The first-order chi connectivity index (χ1) is 8.84. The second-order valence-corrected chi connectivity index (χ2v) is 5.51. The molecule has 19 heavy (non-hydrogen) atoms. The number of benzene rings is 1. The van der Waals surface area contributed by atoms with Crippen molar-refractivity contribution in [2.45, 2.75) is 27.7 Å². The van der Waals surface area contributed by atoms with E-state index in [4.69, 9.17) is 5.26 Å². The minimum absolute atomic E-state index is 0.0510. The Morgan fingerprint density at radius 3 is 2.42 bits per heavy atom. The minimum Gasteiger partial charge on any atom is -0.317 e. The van der Waals surface area contributed by atoms with E-state index in [-0.39, 0.29) is 17.2 Å². The SMILES string of the molecule is CC(C(=O)NC=Nc1ccc(C#N)cc1)C(C)(C)C. The molecule has 1 N–H and O–H groups in total. The fraction of sp³-hybridized carbons (Fsp3) is 0.400. The molecule has 0 aliphatic carbocycles. The molecule has 1 aromatic carbocycles. The van der Waals surface area contributed by atoms with Crippen molar-refractivity contribution in [2.75, 3.05) is 0 Å². The van der Waals surface area contributed by atoms with Gasteiger partial charge in [-0.3, -0.25) is 4.79 Å². The van der Waals surface area contributed by atoms with E-state index in [1.807, 2.05) is 33.8 Å². The summed E-state index contributed by atoms with van der Waals surface area (Å²) in [6.45, 7) is 7.96. The maximum atomic E-state index is 11.8. The highest BCUT2D eigenvalue weighted by molar-refractivity contribution is 5.90. The van der Waals surface area contributed by atoms with Crippen LogP contribution in [0.5, 0.6) is 0 Å². The van der Waals surface area contributed by atoms with Crippen LogP contribution >= 0.6 is 0 Å². The summed E-state index contributed by atoms with van der Waals surface area (Å²) in [7, 11) is 0.